The summed E-state index contributed by atoms with van der Waals surface area (Å²) >= 11 is 0. The Morgan fingerprint density at radius 2 is 1.32 bits per heavy atom. The lowest BCUT2D eigenvalue weighted by atomic mass is 9.76. The third kappa shape index (κ3) is 18.5. The summed E-state index contributed by atoms with van der Waals surface area (Å²) in [5.74, 6) is -3.91. The number of carboxylic acid groups (broad SMARTS) is 1. The number of aliphatic carboxylic acids is 1. The van der Waals surface area contributed by atoms with E-state index in [9.17, 15) is 43.5 Å². The number of nitrogens with zero attached hydrogens (tertiary/aromatic N) is 3. The second-order valence-electron chi connectivity index (χ2n) is 24.8. The number of esters is 1. The number of likely N-dealkylation sites (N-methyl/N-ethyl adjacent to an activating group) is 2. The molecule has 6 atom stereocenters. The first-order chi connectivity index (χ1) is 41.1. The molecule has 6 N–H and O–H groups in total. The van der Waals surface area contributed by atoms with Crippen molar-refractivity contribution in [1.29, 1.82) is 0 Å². The molecule has 1 aromatic heterocycles. The van der Waals surface area contributed by atoms with Gasteiger partial charge in [-0.1, -0.05) is 173 Å². The molecule has 1 unspecified atom stereocenters. The lowest BCUT2D eigenvalue weighted by molar-refractivity contribution is -0.144. The number of carboxylic acids is 1. The summed E-state index contributed by atoms with van der Waals surface area (Å²) in [4.78, 5) is 109. The number of hydrogen-bond acceptors (Lipinski definition) is 13. The van der Waals surface area contributed by atoms with Crippen LogP contribution in [0.5, 0.6) is 0 Å². The maximum Gasteiger partial charge on any atom is 0.331 e. The Kier molecular flexibility index (Phi) is 25.2. The summed E-state index contributed by atoms with van der Waals surface area (Å²) in [5.41, 5.74) is 6.00. The van der Waals surface area contributed by atoms with Gasteiger partial charge in [-0.2, -0.15) is 15.4 Å². The molecule has 1 aliphatic rings. The van der Waals surface area contributed by atoms with Crippen molar-refractivity contribution in [2.45, 2.75) is 177 Å². The van der Waals surface area contributed by atoms with Gasteiger partial charge in [-0.05, 0) is 84.9 Å². The predicted octanol–water partition coefficient (Wildman–Crippen LogP) is 10.5. The monoisotopic (exact) mass is 1190 g/mol. The Morgan fingerprint density at radius 1 is 0.713 bits per heavy atom. The van der Waals surface area contributed by atoms with Gasteiger partial charge >= 0.3 is 11.9 Å². The third-order valence-electron chi connectivity index (χ3n) is 16.2. The number of H-pyrrole nitrogens is 1. The molecule has 0 fully saturated rings. The Bertz CT molecular complexity index is 3250. The number of para-hydroxylation sites is 1. The van der Waals surface area contributed by atoms with Gasteiger partial charge in [0.15, 0.2) is 11.6 Å². The van der Waals surface area contributed by atoms with Gasteiger partial charge in [0.25, 0.3) is 0 Å². The molecule has 3 amide bonds. The standard InChI is InChI=1S/C67H86N8O10.C2H6/c1-39(2)51(37-47(76)23-14-19-28-54(77)57-48-24-15-16-25-49(48)58-59(73-74-72-58)50-26-17-18-27-52(50)70-57)62(80)69-42(6)55(78)35-43-29-31-44(32-30-43)38-85-56(79)36-45-21-20-22-46(34-45)67(10,11)60(68-12)63(81)71-61(66(7,8)9)64(82)75(13)53(40(3)4)33-41(5)65(83)84;1-2/h15-18,20-22,24-27,29-34,39-40,42,51,53,57,60-61,68,70H,14,19,23,28,35-38H2,1-13H3,(H,69,80)(H,71,81)(H,83,84)(H,72,73,74);1-2H3/b41-33+;/t42-,51-,53+,57?,60+,61+;/m0./s1. The van der Waals surface area contributed by atoms with Crippen molar-refractivity contribution in [3.63, 3.8) is 0 Å². The molecule has 0 saturated heterocycles. The Labute approximate surface area is 513 Å². The van der Waals surface area contributed by atoms with Crippen LogP contribution >= 0.6 is 0 Å². The molecule has 468 valence electrons. The molecule has 1 aliphatic heterocycles. The molecule has 6 rings (SSSR count). The van der Waals surface area contributed by atoms with Crippen LogP contribution in [0.25, 0.3) is 22.5 Å². The number of carbonyl (C=O) groups excluding carboxylic acids is 7. The van der Waals surface area contributed by atoms with Crippen LogP contribution in [0.2, 0.25) is 0 Å². The van der Waals surface area contributed by atoms with E-state index in [2.05, 4.69) is 36.7 Å². The smallest absolute Gasteiger partial charge is 0.331 e. The minimum absolute atomic E-state index is 0.00905. The van der Waals surface area contributed by atoms with Gasteiger partial charge < -0.3 is 36.0 Å². The number of benzene rings is 4. The number of nitrogens with one attached hydrogen (secondary N) is 5. The highest BCUT2D eigenvalue weighted by Gasteiger charge is 2.42. The zero-order chi connectivity index (χ0) is 64.5. The Morgan fingerprint density at radius 3 is 1.94 bits per heavy atom. The molecule has 0 aliphatic carbocycles. The maximum absolute atomic E-state index is 14.2. The van der Waals surface area contributed by atoms with E-state index < -0.39 is 64.8 Å². The van der Waals surface area contributed by atoms with Gasteiger partial charge in [0, 0.05) is 66.5 Å². The van der Waals surface area contributed by atoms with E-state index in [0.717, 1.165) is 27.9 Å². The summed E-state index contributed by atoms with van der Waals surface area (Å²) in [6, 6.07) is 26.1. The molecule has 18 heteroatoms. The van der Waals surface area contributed by atoms with Gasteiger partial charge in [-0.15, -0.1) is 0 Å². The van der Waals surface area contributed by atoms with Crippen LogP contribution in [0.3, 0.4) is 0 Å². The van der Waals surface area contributed by atoms with Crippen molar-refractivity contribution in [3.8, 4) is 22.5 Å². The van der Waals surface area contributed by atoms with E-state index in [1.807, 2.05) is 149 Å². The number of unbranched alkanes of at least 4 members (excludes halogenated alkanes) is 1. The summed E-state index contributed by atoms with van der Waals surface area (Å²) in [6.45, 7) is 24.1. The Balaban J connectivity index is 0.00000683. The van der Waals surface area contributed by atoms with Gasteiger partial charge in [-0.3, -0.25) is 33.6 Å². The van der Waals surface area contributed by atoms with E-state index in [-0.39, 0.29) is 85.3 Å². The maximum atomic E-state index is 14.2. The first-order valence-corrected chi connectivity index (χ1v) is 30.3. The van der Waals surface area contributed by atoms with E-state index >= 15 is 0 Å². The lowest BCUT2D eigenvalue weighted by Gasteiger charge is -2.40. The van der Waals surface area contributed by atoms with E-state index in [1.54, 1.807) is 51.4 Å². The van der Waals surface area contributed by atoms with Crippen molar-refractivity contribution in [2.24, 2.45) is 23.2 Å². The average molecular weight is 1190 g/mol. The molecule has 87 heavy (non-hydrogen) atoms. The van der Waals surface area contributed by atoms with Gasteiger partial charge in [0.1, 0.15) is 35.9 Å². The van der Waals surface area contributed by atoms with Crippen molar-refractivity contribution in [1.82, 2.24) is 36.3 Å². The number of Topliss-reactive ketones (excluding diaryl/α,β-unsaturated/α-hetero) is 3. The van der Waals surface area contributed by atoms with E-state index in [4.69, 9.17) is 4.74 Å². The number of aromatic amines is 1. The fourth-order valence-electron chi connectivity index (χ4n) is 10.9. The number of rotatable bonds is 28. The summed E-state index contributed by atoms with van der Waals surface area (Å²) in [5, 5.41) is 33.6. The van der Waals surface area contributed by atoms with Crippen LogP contribution in [0.15, 0.2) is 109 Å². The number of aromatic nitrogens is 3. The minimum Gasteiger partial charge on any atom is -0.478 e. The van der Waals surface area contributed by atoms with Crippen molar-refractivity contribution < 1.29 is 48.2 Å². The zero-order valence-electron chi connectivity index (χ0n) is 53.6. The van der Waals surface area contributed by atoms with Crippen LogP contribution in [0.4, 0.5) is 5.69 Å². The molecule has 0 radical (unpaired) electrons. The molecule has 2 heterocycles. The van der Waals surface area contributed by atoms with Crippen LogP contribution in [0, 0.1) is 23.2 Å². The van der Waals surface area contributed by atoms with Gasteiger partial charge in [0.05, 0.1) is 24.5 Å². The number of amides is 3. The van der Waals surface area contributed by atoms with Crippen molar-refractivity contribution >= 4 is 52.7 Å². The first-order valence-electron chi connectivity index (χ1n) is 30.3. The number of ether oxygens (including phenoxy) is 1. The number of ketones is 3. The molecular weight excluding hydrogens is 1100 g/mol. The fourth-order valence-corrected chi connectivity index (χ4v) is 10.9. The normalized spacial score (nSPS) is 14.8. The second-order valence-corrected chi connectivity index (χ2v) is 24.8. The Hall–Kier alpha value is -8.12. The molecule has 0 bridgehead atoms. The number of hydrogen-bond donors (Lipinski definition) is 6. The van der Waals surface area contributed by atoms with E-state index in [0.29, 0.717) is 40.9 Å². The average Bonchev–Trinajstić information content (AvgIpc) is 1.99. The van der Waals surface area contributed by atoms with Crippen LogP contribution in [-0.4, -0.2) is 111 Å². The largest absolute Gasteiger partial charge is 0.478 e. The molecule has 18 nitrogen and oxygen atoms in total. The zero-order valence-corrected chi connectivity index (χ0v) is 53.6. The highest BCUT2D eigenvalue weighted by Crippen LogP contribution is 2.41. The minimum atomic E-state index is -1.08. The molecule has 4 aromatic carbocycles. The molecule has 0 spiro atoms. The van der Waals surface area contributed by atoms with Crippen LogP contribution < -0.4 is 21.3 Å². The number of carbonyl (C=O) groups is 8. The van der Waals surface area contributed by atoms with Crippen molar-refractivity contribution in [2.75, 3.05) is 19.4 Å². The fraction of sp³-hybridized carbons (Fsp3) is 0.478. The molecule has 0 saturated carbocycles. The highest BCUT2D eigenvalue weighted by molar-refractivity contribution is 5.96. The van der Waals surface area contributed by atoms with Crippen LogP contribution in [-0.2, 0) is 68.0 Å². The predicted molar refractivity (Wildman–Crippen MR) is 339 cm³/mol. The summed E-state index contributed by atoms with van der Waals surface area (Å²) < 4.78 is 5.67. The van der Waals surface area contributed by atoms with Crippen molar-refractivity contribution in [3.05, 3.63) is 137 Å². The third-order valence-corrected chi connectivity index (χ3v) is 16.2. The first kappa shape index (κ1) is 69.6. The number of fused-ring (bicyclic) bond motifs is 5. The molecular formula is C69H92N8O10. The molecule has 5 aromatic rings. The van der Waals surface area contributed by atoms with Crippen LogP contribution in [0.1, 0.15) is 156 Å². The van der Waals surface area contributed by atoms with E-state index in [1.165, 1.54) is 11.8 Å². The topological polar surface area (TPSA) is 259 Å². The second kappa shape index (κ2) is 31.5. The van der Waals surface area contributed by atoms with Gasteiger partial charge in [0.2, 0.25) is 17.7 Å². The number of anilines is 1. The highest BCUT2D eigenvalue weighted by atomic mass is 16.5. The van der Waals surface area contributed by atoms with Gasteiger partial charge in [-0.25, -0.2) is 4.79 Å². The SMILES string of the molecule is CC.CN[C@H](C(=O)N[C@H](C(=O)N(C)[C@H](/C=C(\C)C(=O)O)C(C)C)C(C)(C)C)C(C)(C)c1cccc(CC(=O)OCc2ccc(CC(=O)[C@H](C)NC(=O)[C@@H](CC(=O)CCCCC(=O)C3Nc4ccccc4-c4n[nH]nc4-c4ccccc43)C(C)C)cc2)c1. The summed E-state index contributed by atoms with van der Waals surface area (Å²) in [7, 11) is 3.29. The lowest BCUT2D eigenvalue weighted by Crippen LogP contribution is -2.61. The quantitative estimate of drug-likeness (QED) is 0.0155. The summed E-state index contributed by atoms with van der Waals surface area (Å²) in [6.07, 6.45) is 3.00.